The lowest BCUT2D eigenvalue weighted by atomic mass is 10.2. The Morgan fingerprint density at radius 1 is 1.30 bits per heavy atom. The third-order valence-electron chi connectivity index (χ3n) is 3.62. The number of ether oxygens (including phenoxy) is 3. The smallest absolute Gasteiger partial charge is 0.204 e. The molecule has 1 atom stereocenters. The molecule has 0 N–H and O–H groups in total. The van der Waals surface area contributed by atoms with E-state index >= 15 is 0 Å². The lowest BCUT2D eigenvalue weighted by molar-refractivity contribution is 0.121. The second kappa shape index (κ2) is 5.00. The van der Waals surface area contributed by atoms with Crippen molar-refractivity contribution < 1.29 is 18.6 Å². The predicted molar refractivity (Wildman–Crippen MR) is 73.3 cm³/mol. The van der Waals surface area contributed by atoms with Gasteiger partial charge in [-0.2, -0.15) is 0 Å². The molecule has 0 spiro atoms. The molecule has 4 rings (SSSR count). The number of benzene rings is 1. The van der Waals surface area contributed by atoms with Crippen LogP contribution in [-0.2, 0) is 9.47 Å². The quantitative estimate of drug-likeness (QED) is 0.796. The molecule has 1 aromatic heterocycles. The Balaban J connectivity index is 1.60. The van der Waals surface area contributed by atoms with Crippen LogP contribution in [0.15, 0.2) is 22.6 Å². The molecule has 1 aromatic carbocycles. The van der Waals surface area contributed by atoms with Gasteiger partial charge < -0.3 is 23.5 Å². The van der Waals surface area contributed by atoms with E-state index in [9.17, 15) is 0 Å². The second-order valence-electron chi connectivity index (χ2n) is 5.08. The predicted octanol–water partition coefficient (Wildman–Crippen LogP) is 1.85. The molecule has 0 aliphatic carbocycles. The van der Waals surface area contributed by atoms with Gasteiger partial charge in [0.15, 0.2) is 6.26 Å². The normalized spacial score (nSPS) is 22.2. The summed E-state index contributed by atoms with van der Waals surface area (Å²) < 4.78 is 21.9. The molecule has 5 heteroatoms. The highest BCUT2D eigenvalue weighted by atomic mass is 16.6. The van der Waals surface area contributed by atoms with Gasteiger partial charge in [-0.05, 0) is 18.2 Å². The summed E-state index contributed by atoms with van der Waals surface area (Å²) in [6.45, 7) is 4.57. The van der Waals surface area contributed by atoms with Crippen molar-refractivity contribution in [3.63, 3.8) is 0 Å². The number of anilines is 1. The molecular weight excluding hydrogens is 258 g/mol. The molecule has 3 heterocycles. The minimum Gasteiger partial charge on any atom is -0.491 e. The molecule has 0 saturated carbocycles. The van der Waals surface area contributed by atoms with Crippen LogP contribution in [0.1, 0.15) is 0 Å². The number of nitrogens with zero attached hydrogens (tertiary/aromatic N) is 1. The highest BCUT2D eigenvalue weighted by Gasteiger charge is 2.23. The van der Waals surface area contributed by atoms with Crippen LogP contribution in [0.3, 0.4) is 0 Å². The lowest BCUT2D eigenvalue weighted by Gasteiger charge is -2.26. The summed E-state index contributed by atoms with van der Waals surface area (Å²) in [5, 5.41) is 2.02. The molecule has 0 bridgehead atoms. The number of hydrogen-bond acceptors (Lipinski definition) is 5. The number of rotatable bonds is 4. The third kappa shape index (κ3) is 2.34. The topological polar surface area (TPSA) is 47.4 Å². The number of fused-ring (bicyclic) bond motifs is 1. The fraction of sp³-hybridized carbons (Fsp3) is 0.467. The van der Waals surface area contributed by atoms with Gasteiger partial charge >= 0.3 is 0 Å². The van der Waals surface area contributed by atoms with Gasteiger partial charge in [0, 0.05) is 23.9 Å². The van der Waals surface area contributed by atoms with Crippen molar-refractivity contribution in [2.75, 3.05) is 44.4 Å². The van der Waals surface area contributed by atoms with Crippen molar-refractivity contribution in [1.82, 2.24) is 0 Å². The van der Waals surface area contributed by atoms with E-state index in [1.165, 1.54) is 0 Å². The van der Waals surface area contributed by atoms with Crippen LogP contribution >= 0.6 is 0 Å². The van der Waals surface area contributed by atoms with Crippen LogP contribution in [0.5, 0.6) is 5.75 Å². The summed E-state index contributed by atoms with van der Waals surface area (Å²) in [4.78, 5) is 2.19. The van der Waals surface area contributed by atoms with E-state index in [-0.39, 0.29) is 6.10 Å². The summed E-state index contributed by atoms with van der Waals surface area (Å²) in [6.07, 6.45) is 3.22. The van der Waals surface area contributed by atoms with Gasteiger partial charge in [0.25, 0.3) is 0 Å². The van der Waals surface area contributed by atoms with Gasteiger partial charge in [0.2, 0.25) is 5.88 Å². The number of morpholine rings is 1. The Labute approximate surface area is 117 Å². The highest BCUT2D eigenvalue weighted by molar-refractivity contribution is 5.92. The fourth-order valence-corrected chi connectivity index (χ4v) is 2.39. The van der Waals surface area contributed by atoms with E-state index in [0.717, 1.165) is 55.3 Å². The van der Waals surface area contributed by atoms with Crippen molar-refractivity contribution in [2.45, 2.75) is 6.10 Å². The molecule has 2 aliphatic heterocycles. The SMILES string of the molecule is [c]1oc(N2CCOCC2)c2cc(OCC3CO3)ccc12. The molecule has 2 aliphatic rings. The standard InChI is InChI=1S/C15H16NO4/c1-2-12(18-9-13-10-19-13)7-14-11(1)8-20-15(14)16-3-5-17-6-4-16/h1-2,7,13H,3-6,9-10H2. The maximum atomic E-state index is 5.73. The number of epoxide rings is 1. The summed E-state index contributed by atoms with van der Waals surface area (Å²) >= 11 is 0. The van der Waals surface area contributed by atoms with Gasteiger partial charge in [-0.15, -0.1) is 0 Å². The average molecular weight is 274 g/mol. The first-order valence-corrected chi connectivity index (χ1v) is 6.91. The molecule has 1 unspecified atom stereocenters. The largest absolute Gasteiger partial charge is 0.491 e. The van der Waals surface area contributed by atoms with Crippen LogP contribution in [0.2, 0.25) is 0 Å². The van der Waals surface area contributed by atoms with Crippen LogP contribution in [-0.4, -0.2) is 45.6 Å². The van der Waals surface area contributed by atoms with Crippen molar-refractivity contribution in [2.24, 2.45) is 0 Å². The Hall–Kier alpha value is -1.72. The van der Waals surface area contributed by atoms with E-state index in [4.69, 9.17) is 18.6 Å². The van der Waals surface area contributed by atoms with E-state index in [2.05, 4.69) is 11.2 Å². The first-order valence-electron chi connectivity index (χ1n) is 6.91. The van der Waals surface area contributed by atoms with Gasteiger partial charge in [-0.1, -0.05) is 0 Å². The van der Waals surface area contributed by atoms with Crippen LogP contribution in [0.25, 0.3) is 10.8 Å². The molecule has 0 amide bonds. The van der Waals surface area contributed by atoms with Crippen LogP contribution in [0, 0.1) is 6.26 Å². The minimum absolute atomic E-state index is 0.264. The Morgan fingerprint density at radius 2 is 2.15 bits per heavy atom. The molecule has 105 valence electrons. The zero-order valence-corrected chi connectivity index (χ0v) is 11.1. The van der Waals surface area contributed by atoms with E-state index in [1.54, 1.807) is 0 Å². The van der Waals surface area contributed by atoms with E-state index in [1.807, 2.05) is 18.2 Å². The minimum atomic E-state index is 0.264. The molecule has 1 radical (unpaired) electrons. The summed E-state index contributed by atoms with van der Waals surface area (Å²) in [6, 6.07) is 5.94. The molecule has 2 saturated heterocycles. The molecule has 2 aromatic rings. The summed E-state index contributed by atoms with van der Waals surface area (Å²) in [5.41, 5.74) is 0. The highest BCUT2D eigenvalue weighted by Crippen LogP contribution is 2.32. The first kappa shape index (κ1) is 12.1. The molecule has 2 fully saturated rings. The van der Waals surface area contributed by atoms with E-state index < -0.39 is 0 Å². The Morgan fingerprint density at radius 3 is 2.95 bits per heavy atom. The maximum Gasteiger partial charge on any atom is 0.204 e. The fourth-order valence-electron chi connectivity index (χ4n) is 2.39. The van der Waals surface area contributed by atoms with Crippen molar-refractivity contribution in [3.05, 3.63) is 24.5 Å². The van der Waals surface area contributed by atoms with Gasteiger partial charge in [-0.3, -0.25) is 0 Å². The average Bonchev–Trinajstić information content (AvgIpc) is 3.24. The van der Waals surface area contributed by atoms with Crippen molar-refractivity contribution >= 4 is 16.7 Å². The maximum absolute atomic E-state index is 5.73. The summed E-state index contributed by atoms with van der Waals surface area (Å²) in [7, 11) is 0. The van der Waals surface area contributed by atoms with E-state index in [0.29, 0.717) is 6.61 Å². The van der Waals surface area contributed by atoms with Gasteiger partial charge in [0.1, 0.15) is 18.5 Å². The Kier molecular flexibility index (Phi) is 3.01. The van der Waals surface area contributed by atoms with Gasteiger partial charge in [0.05, 0.1) is 19.8 Å². The zero-order valence-electron chi connectivity index (χ0n) is 11.1. The molecular formula is C15H16NO4. The molecule has 20 heavy (non-hydrogen) atoms. The first-order chi connectivity index (χ1) is 9.90. The lowest BCUT2D eigenvalue weighted by Crippen LogP contribution is -2.36. The van der Waals surface area contributed by atoms with Crippen LogP contribution in [0.4, 0.5) is 5.88 Å². The number of hydrogen-bond donors (Lipinski definition) is 0. The monoisotopic (exact) mass is 274 g/mol. The zero-order chi connectivity index (χ0) is 13.4. The van der Waals surface area contributed by atoms with Crippen molar-refractivity contribution in [3.8, 4) is 5.75 Å². The second-order valence-corrected chi connectivity index (χ2v) is 5.08. The number of furan rings is 1. The molecule has 5 nitrogen and oxygen atoms in total. The van der Waals surface area contributed by atoms with Gasteiger partial charge in [-0.25, -0.2) is 0 Å². The van der Waals surface area contributed by atoms with Crippen molar-refractivity contribution in [1.29, 1.82) is 0 Å². The Bertz CT molecular complexity index is 599. The van der Waals surface area contributed by atoms with Crippen LogP contribution < -0.4 is 9.64 Å². The third-order valence-corrected chi connectivity index (χ3v) is 3.62. The summed E-state index contributed by atoms with van der Waals surface area (Å²) in [5.74, 6) is 1.70.